The summed E-state index contributed by atoms with van der Waals surface area (Å²) in [6, 6.07) is 1.68. The molecule has 2 bridgehead atoms. The van der Waals surface area contributed by atoms with Gasteiger partial charge >= 0.3 is 0 Å². The van der Waals surface area contributed by atoms with Crippen molar-refractivity contribution >= 4 is 5.91 Å². The second-order valence-corrected chi connectivity index (χ2v) is 6.99. The zero-order valence-electron chi connectivity index (χ0n) is 13.4. The van der Waals surface area contributed by atoms with Crippen molar-refractivity contribution in [3.8, 4) is 0 Å². The molecule has 0 spiro atoms. The van der Waals surface area contributed by atoms with Crippen LogP contribution in [0.3, 0.4) is 0 Å². The Labute approximate surface area is 123 Å². The fraction of sp³-hybridized carbons (Fsp3) is 0.938. The predicted octanol–water partition coefficient (Wildman–Crippen LogP) is 2.32. The van der Waals surface area contributed by atoms with Gasteiger partial charge < -0.3 is 15.0 Å². The fourth-order valence-corrected chi connectivity index (χ4v) is 3.57. The molecule has 2 saturated heterocycles. The summed E-state index contributed by atoms with van der Waals surface area (Å²) in [7, 11) is 1.68. The van der Waals surface area contributed by atoms with Gasteiger partial charge in [0, 0.05) is 31.8 Å². The molecule has 2 fully saturated rings. The highest BCUT2D eigenvalue weighted by Crippen LogP contribution is 2.30. The van der Waals surface area contributed by atoms with Gasteiger partial charge in [-0.25, -0.2) is 0 Å². The highest BCUT2D eigenvalue weighted by molar-refractivity contribution is 5.77. The van der Waals surface area contributed by atoms with E-state index < -0.39 is 0 Å². The molecule has 0 aromatic heterocycles. The third-order valence-electron chi connectivity index (χ3n) is 4.80. The van der Waals surface area contributed by atoms with Crippen LogP contribution >= 0.6 is 0 Å². The number of ether oxygens (including phenoxy) is 1. The average Bonchev–Trinajstić information content (AvgIpc) is 2.74. The number of nitrogens with one attached hydrogen (secondary N) is 1. The molecule has 1 amide bonds. The lowest BCUT2D eigenvalue weighted by Gasteiger charge is -2.39. The second-order valence-electron chi connectivity index (χ2n) is 6.99. The molecule has 2 rings (SSSR count). The van der Waals surface area contributed by atoms with Crippen molar-refractivity contribution in [1.29, 1.82) is 0 Å². The molecule has 4 nitrogen and oxygen atoms in total. The summed E-state index contributed by atoms with van der Waals surface area (Å²) >= 11 is 0. The minimum atomic E-state index is -0.366. The molecular formula is C16H30N2O2. The van der Waals surface area contributed by atoms with Gasteiger partial charge in [0.1, 0.15) is 0 Å². The Balaban J connectivity index is 2.00. The maximum absolute atomic E-state index is 12.7. The van der Waals surface area contributed by atoms with Gasteiger partial charge in [0.25, 0.3) is 0 Å². The van der Waals surface area contributed by atoms with Crippen LogP contribution in [-0.4, -0.2) is 48.2 Å². The summed E-state index contributed by atoms with van der Waals surface area (Å²) in [5.41, 5.74) is -0.366. The molecule has 1 N–H and O–H groups in total. The first kappa shape index (κ1) is 15.8. The standard InChI is InChI=1S/C16H30N2O2/c1-5-8-18(15(19)11-16(2,3)20-4)14-9-12-6-7-13(10-14)17-12/h12-14,17H,5-11H2,1-4H3. The molecule has 116 valence electrons. The van der Waals surface area contributed by atoms with Crippen LogP contribution in [0.4, 0.5) is 0 Å². The van der Waals surface area contributed by atoms with E-state index >= 15 is 0 Å². The maximum Gasteiger partial charge on any atom is 0.225 e. The quantitative estimate of drug-likeness (QED) is 0.813. The first-order valence-electron chi connectivity index (χ1n) is 8.06. The van der Waals surface area contributed by atoms with E-state index in [1.165, 1.54) is 12.8 Å². The van der Waals surface area contributed by atoms with Gasteiger partial charge in [0.2, 0.25) is 5.91 Å². The Morgan fingerprint density at radius 3 is 2.40 bits per heavy atom. The van der Waals surface area contributed by atoms with Crippen LogP contribution in [0.2, 0.25) is 0 Å². The van der Waals surface area contributed by atoms with Gasteiger partial charge in [-0.3, -0.25) is 4.79 Å². The number of methoxy groups -OCH3 is 1. The van der Waals surface area contributed by atoms with Gasteiger partial charge in [0.15, 0.2) is 0 Å². The summed E-state index contributed by atoms with van der Waals surface area (Å²) in [6.45, 7) is 7.00. The van der Waals surface area contributed by atoms with E-state index in [9.17, 15) is 4.79 Å². The van der Waals surface area contributed by atoms with E-state index in [0.717, 1.165) is 25.8 Å². The van der Waals surface area contributed by atoms with Crippen molar-refractivity contribution in [3.63, 3.8) is 0 Å². The van der Waals surface area contributed by atoms with Crippen molar-refractivity contribution in [2.24, 2.45) is 0 Å². The molecule has 2 heterocycles. The van der Waals surface area contributed by atoms with E-state index in [2.05, 4.69) is 17.1 Å². The van der Waals surface area contributed by atoms with Crippen molar-refractivity contribution < 1.29 is 9.53 Å². The minimum Gasteiger partial charge on any atom is -0.378 e. The average molecular weight is 282 g/mol. The van der Waals surface area contributed by atoms with Gasteiger partial charge in [-0.15, -0.1) is 0 Å². The molecule has 2 atom stereocenters. The van der Waals surface area contributed by atoms with Crippen molar-refractivity contribution in [2.45, 2.75) is 83.0 Å². The van der Waals surface area contributed by atoms with Crippen molar-refractivity contribution in [2.75, 3.05) is 13.7 Å². The molecule has 0 aromatic rings. The van der Waals surface area contributed by atoms with Crippen LogP contribution in [0.5, 0.6) is 0 Å². The van der Waals surface area contributed by atoms with Gasteiger partial charge in [-0.2, -0.15) is 0 Å². The van der Waals surface area contributed by atoms with Crippen molar-refractivity contribution in [1.82, 2.24) is 10.2 Å². The summed E-state index contributed by atoms with van der Waals surface area (Å²) in [6.07, 6.45) is 6.30. The Bertz CT molecular complexity index is 331. The second kappa shape index (κ2) is 6.44. The van der Waals surface area contributed by atoms with Crippen LogP contribution in [0.1, 0.15) is 59.3 Å². The number of carbonyl (C=O) groups is 1. The van der Waals surface area contributed by atoms with Crippen LogP contribution in [0.25, 0.3) is 0 Å². The lowest BCUT2D eigenvalue weighted by molar-refractivity contribution is -0.139. The van der Waals surface area contributed by atoms with Crippen LogP contribution in [0, 0.1) is 0 Å². The van der Waals surface area contributed by atoms with E-state index in [4.69, 9.17) is 4.74 Å². The third kappa shape index (κ3) is 3.73. The largest absolute Gasteiger partial charge is 0.378 e. The monoisotopic (exact) mass is 282 g/mol. The predicted molar refractivity (Wildman–Crippen MR) is 80.7 cm³/mol. The number of piperidine rings is 1. The number of hydrogen-bond donors (Lipinski definition) is 1. The minimum absolute atomic E-state index is 0.255. The molecule has 4 heteroatoms. The smallest absolute Gasteiger partial charge is 0.225 e. The molecule has 0 radical (unpaired) electrons. The Hall–Kier alpha value is -0.610. The molecule has 0 saturated carbocycles. The fourth-order valence-electron chi connectivity index (χ4n) is 3.57. The van der Waals surface area contributed by atoms with Crippen LogP contribution in [0.15, 0.2) is 0 Å². The normalized spacial score (nSPS) is 29.5. The lowest BCUT2D eigenvalue weighted by atomic mass is 9.96. The Morgan fingerprint density at radius 1 is 1.30 bits per heavy atom. The lowest BCUT2D eigenvalue weighted by Crippen LogP contribution is -2.51. The molecule has 2 aliphatic rings. The first-order chi connectivity index (χ1) is 9.45. The van der Waals surface area contributed by atoms with E-state index in [-0.39, 0.29) is 11.5 Å². The highest BCUT2D eigenvalue weighted by Gasteiger charge is 2.38. The molecule has 0 aromatic carbocycles. The summed E-state index contributed by atoms with van der Waals surface area (Å²) in [5.74, 6) is 0.255. The maximum atomic E-state index is 12.7. The molecular weight excluding hydrogens is 252 g/mol. The number of nitrogens with zero attached hydrogens (tertiary/aromatic N) is 1. The van der Waals surface area contributed by atoms with Gasteiger partial charge in [-0.05, 0) is 46.0 Å². The number of carbonyl (C=O) groups excluding carboxylic acids is 1. The number of rotatable bonds is 6. The molecule has 2 unspecified atom stereocenters. The zero-order valence-corrected chi connectivity index (χ0v) is 13.4. The summed E-state index contributed by atoms with van der Waals surface area (Å²) in [4.78, 5) is 14.8. The Morgan fingerprint density at radius 2 is 1.90 bits per heavy atom. The molecule has 20 heavy (non-hydrogen) atoms. The van der Waals surface area contributed by atoms with Crippen molar-refractivity contribution in [3.05, 3.63) is 0 Å². The molecule has 2 aliphatic heterocycles. The van der Waals surface area contributed by atoms with Gasteiger partial charge in [0.05, 0.1) is 12.0 Å². The number of amides is 1. The van der Waals surface area contributed by atoms with E-state index in [1.807, 2.05) is 13.8 Å². The van der Waals surface area contributed by atoms with Crippen LogP contribution < -0.4 is 5.32 Å². The van der Waals surface area contributed by atoms with E-state index in [1.54, 1.807) is 7.11 Å². The topological polar surface area (TPSA) is 41.6 Å². The van der Waals surface area contributed by atoms with Gasteiger partial charge in [-0.1, -0.05) is 6.92 Å². The SMILES string of the molecule is CCCN(C(=O)CC(C)(C)OC)C1CC2CCC(C1)N2. The summed E-state index contributed by atoms with van der Waals surface area (Å²) < 4.78 is 5.42. The third-order valence-corrected chi connectivity index (χ3v) is 4.80. The molecule has 0 aliphatic carbocycles. The zero-order chi connectivity index (χ0) is 14.8. The van der Waals surface area contributed by atoms with E-state index in [0.29, 0.717) is 24.5 Å². The van der Waals surface area contributed by atoms with Crippen LogP contribution in [-0.2, 0) is 9.53 Å². The highest BCUT2D eigenvalue weighted by atomic mass is 16.5. The Kier molecular flexibility index (Phi) is 5.08. The number of fused-ring (bicyclic) bond motifs is 2. The number of hydrogen-bond acceptors (Lipinski definition) is 3. The first-order valence-corrected chi connectivity index (χ1v) is 8.06. The summed E-state index contributed by atoms with van der Waals surface area (Å²) in [5, 5.41) is 3.65.